The third-order valence-electron chi connectivity index (χ3n) is 6.30. The van der Waals surface area contributed by atoms with E-state index in [2.05, 4.69) is 15.7 Å². The highest BCUT2D eigenvalue weighted by Crippen LogP contribution is 2.48. The second kappa shape index (κ2) is 7.41. The van der Waals surface area contributed by atoms with Crippen molar-refractivity contribution in [2.24, 2.45) is 23.7 Å². The van der Waals surface area contributed by atoms with Crippen molar-refractivity contribution < 1.29 is 19.5 Å². The maximum Gasteiger partial charge on any atom is 0.307 e. The highest BCUT2D eigenvalue weighted by Gasteiger charge is 2.51. The first kappa shape index (κ1) is 18.7. The molecule has 2 saturated carbocycles. The lowest BCUT2D eigenvalue weighted by Gasteiger charge is -2.23. The summed E-state index contributed by atoms with van der Waals surface area (Å²) in [6.45, 7) is 2.46. The Labute approximate surface area is 163 Å². The van der Waals surface area contributed by atoms with E-state index in [1.807, 2.05) is 19.1 Å². The number of carbonyl (C=O) groups excluding carboxylic acids is 2. The third-order valence-corrected chi connectivity index (χ3v) is 6.30. The number of aliphatic carboxylic acids is 1. The number of carbonyl (C=O) groups is 3. The molecule has 3 aliphatic rings. The summed E-state index contributed by atoms with van der Waals surface area (Å²) in [6.07, 6.45) is 10.3. The highest BCUT2D eigenvalue weighted by molar-refractivity contribution is 6.03. The van der Waals surface area contributed by atoms with Gasteiger partial charge in [-0.1, -0.05) is 25.0 Å². The van der Waals surface area contributed by atoms with E-state index in [-0.39, 0.29) is 35.4 Å². The van der Waals surface area contributed by atoms with Gasteiger partial charge in [-0.25, -0.2) is 0 Å². The van der Waals surface area contributed by atoms with E-state index in [9.17, 15) is 19.5 Å². The number of fused-ring (bicyclic) bond motifs is 2. The molecule has 150 valence electrons. The van der Waals surface area contributed by atoms with Crippen LogP contribution in [0.4, 0.5) is 5.69 Å². The van der Waals surface area contributed by atoms with Crippen molar-refractivity contribution in [3.8, 4) is 0 Å². The van der Waals surface area contributed by atoms with E-state index in [1.54, 1.807) is 10.9 Å². The molecule has 28 heavy (non-hydrogen) atoms. The Balaban J connectivity index is 1.53. The Morgan fingerprint density at radius 3 is 2.50 bits per heavy atom. The molecular weight excluding hydrogens is 360 g/mol. The minimum atomic E-state index is -0.944. The van der Waals surface area contributed by atoms with Gasteiger partial charge >= 0.3 is 5.97 Å². The molecule has 0 radical (unpaired) electrons. The molecule has 3 aliphatic carbocycles. The molecule has 1 aromatic rings. The summed E-state index contributed by atoms with van der Waals surface area (Å²) >= 11 is 0. The molecule has 0 unspecified atom stereocenters. The fourth-order valence-corrected chi connectivity index (χ4v) is 4.90. The van der Waals surface area contributed by atoms with E-state index in [0.717, 1.165) is 25.7 Å². The molecule has 0 saturated heterocycles. The van der Waals surface area contributed by atoms with Crippen LogP contribution in [0, 0.1) is 23.7 Å². The van der Waals surface area contributed by atoms with Gasteiger partial charge in [0.1, 0.15) is 0 Å². The molecule has 1 heterocycles. The predicted molar refractivity (Wildman–Crippen MR) is 102 cm³/mol. The second-order valence-electron chi connectivity index (χ2n) is 8.03. The first-order valence-corrected chi connectivity index (χ1v) is 10.1. The summed E-state index contributed by atoms with van der Waals surface area (Å²) in [4.78, 5) is 37.4. The highest BCUT2D eigenvalue weighted by atomic mass is 16.4. The van der Waals surface area contributed by atoms with Gasteiger partial charge in [-0.05, 0) is 38.0 Å². The van der Waals surface area contributed by atoms with Gasteiger partial charge < -0.3 is 15.7 Å². The molecule has 2 fully saturated rings. The minimum Gasteiger partial charge on any atom is -0.481 e. The zero-order chi connectivity index (χ0) is 19.8. The van der Waals surface area contributed by atoms with Crippen LogP contribution in [0.25, 0.3) is 0 Å². The average Bonchev–Trinajstić information content (AvgIpc) is 3.44. The van der Waals surface area contributed by atoms with Crippen molar-refractivity contribution in [1.82, 2.24) is 15.1 Å². The average molecular weight is 386 g/mol. The van der Waals surface area contributed by atoms with Gasteiger partial charge in [-0.2, -0.15) is 5.10 Å². The van der Waals surface area contributed by atoms with Crippen molar-refractivity contribution >= 4 is 23.5 Å². The molecule has 2 amide bonds. The zero-order valence-corrected chi connectivity index (χ0v) is 15.9. The first-order chi connectivity index (χ1) is 13.5. The third kappa shape index (κ3) is 3.31. The molecular formula is C20H26N4O4. The summed E-state index contributed by atoms with van der Waals surface area (Å²) in [5, 5.41) is 19.7. The Morgan fingerprint density at radius 2 is 1.86 bits per heavy atom. The number of hydrogen-bond donors (Lipinski definition) is 3. The number of hydrogen-bond acceptors (Lipinski definition) is 4. The zero-order valence-electron chi connectivity index (χ0n) is 15.9. The van der Waals surface area contributed by atoms with Crippen molar-refractivity contribution in [2.75, 3.05) is 5.32 Å². The van der Waals surface area contributed by atoms with Crippen LogP contribution < -0.4 is 10.6 Å². The van der Waals surface area contributed by atoms with Crippen molar-refractivity contribution in [3.05, 3.63) is 24.0 Å². The van der Waals surface area contributed by atoms with Crippen LogP contribution in [0.3, 0.4) is 0 Å². The van der Waals surface area contributed by atoms with Gasteiger partial charge in [0.05, 0.1) is 17.5 Å². The van der Waals surface area contributed by atoms with Gasteiger partial charge in [0.2, 0.25) is 5.91 Å². The summed E-state index contributed by atoms with van der Waals surface area (Å²) in [5.41, 5.74) is 0.533. The monoisotopic (exact) mass is 386 g/mol. The standard InChI is InChI=1S/C20H26N4O4/c1-2-24-10-14(17(23-24)19(26)21-13-5-3-4-6-13)22-18(25)15-11-7-8-12(9-11)16(15)20(27)28/h7-8,10-13,15-16H,2-6,9H2,1H3,(H,21,26)(H,22,25)(H,27,28)/t11-,12+,15-,16+/m1/s1. The molecule has 0 aromatic carbocycles. The van der Waals surface area contributed by atoms with Gasteiger partial charge in [0, 0.05) is 18.8 Å². The first-order valence-electron chi connectivity index (χ1n) is 10.1. The Hall–Kier alpha value is -2.64. The fraction of sp³-hybridized carbons (Fsp3) is 0.600. The van der Waals surface area contributed by atoms with E-state index < -0.39 is 17.8 Å². The SMILES string of the molecule is CCn1cc(NC(=O)[C@H]2[C@@H](C(=O)O)[C@H]3C=C[C@@H]2C3)c(C(=O)NC2CCCC2)n1. The van der Waals surface area contributed by atoms with Crippen LogP contribution in [-0.2, 0) is 16.1 Å². The Morgan fingerprint density at radius 1 is 1.18 bits per heavy atom. The maximum absolute atomic E-state index is 13.0. The molecule has 0 aliphatic heterocycles. The van der Waals surface area contributed by atoms with Gasteiger partial charge in [-0.15, -0.1) is 0 Å². The normalized spacial score (nSPS) is 28.6. The molecule has 8 heteroatoms. The lowest BCUT2D eigenvalue weighted by molar-refractivity contribution is -0.146. The van der Waals surface area contributed by atoms with Crippen LogP contribution in [0.5, 0.6) is 0 Å². The van der Waals surface area contributed by atoms with Crippen LogP contribution >= 0.6 is 0 Å². The molecule has 0 spiro atoms. The number of aromatic nitrogens is 2. The van der Waals surface area contributed by atoms with Crippen molar-refractivity contribution in [3.63, 3.8) is 0 Å². The maximum atomic E-state index is 13.0. The van der Waals surface area contributed by atoms with E-state index >= 15 is 0 Å². The summed E-state index contributed by atoms with van der Waals surface area (Å²) < 4.78 is 1.61. The van der Waals surface area contributed by atoms with E-state index in [4.69, 9.17) is 0 Å². The molecule has 4 atom stereocenters. The summed E-state index contributed by atoms with van der Waals surface area (Å²) in [5.74, 6) is -3.09. The number of allylic oxidation sites excluding steroid dienone is 2. The number of rotatable bonds is 6. The molecule has 2 bridgehead atoms. The minimum absolute atomic E-state index is 0.0666. The van der Waals surface area contributed by atoms with Gasteiger partial charge in [-0.3, -0.25) is 19.1 Å². The van der Waals surface area contributed by atoms with Crippen LogP contribution in [-0.4, -0.2) is 38.7 Å². The predicted octanol–water partition coefficient (Wildman–Crippen LogP) is 2.04. The van der Waals surface area contributed by atoms with E-state index in [1.165, 1.54) is 0 Å². The quantitative estimate of drug-likeness (QED) is 0.648. The fourth-order valence-electron chi connectivity index (χ4n) is 4.90. The lowest BCUT2D eigenvalue weighted by Crippen LogP contribution is -2.37. The largest absolute Gasteiger partial charge is 0.481 e. The number of nitrogens with one attached hydrogen (secondary N) is 2. The number of carboxylic acids is 1. The molecule has 4 rings (SSSR count). The lowest BCUT2D eigenvalue weighted by atomic mass is 9.82. The molecule has 3 N–H and O–H groups in total. The number of nitrogens with zero attached hydrogens (tertiary/aromatic N) is 2. The van der Waals surface area contributed by atoms with E-state index in [0.29, 0.717) is 18.7 Å². The summed E-state index contributed by atoms with van der Waals surface area (Å²) in [7, 11) is 0. The van der Waals surface area contributed by atoms with Gasteiger partial charge in [0.15, 0.2) is 5.69 Å². The Bertz CT molecular complexity index is 824. The number of carboxylic acid groups (broad SMARTS) is 1. The number of anilines is 1. The topological polar surface area (TPSA) is 113 Å². The van der Waals surface area contributed by atoms with Gasteiger partial charge in [0.25, 0.3) is 5.91 Å². The van der Waals surface area contributed by atoms with Crippen LogP contribution in [0.2, 0.25) is 0 Å². The molecule has 1 aromatic heterocycles. The van der Waals surface area contributed by atoms with Crippen LogP contribution in [0.1, 0.15) is 49.5 Å². The second-order valence-corrected chi connectivity index (χ2v) is 8.03. The number of aryl methyl sites for hydroxylation is 1. The molecule has 8 nitrogen and oxygen atoms in total. The van der Waals surface area contributed by atoms with Crippen molar-refractivity contribution in [1.29, 1.82) is 0 Å². The number of amides is 2. The van der Waals surface area contributed by atoms with Crippen LogP contribution in [0.15, 0.2) is 18.3 Å². The Kier molecular flexibility index (Phi) is 4.95. The summed E-state index contributed by atoms with van der Waals surface area (Å²) in [6, 6.07) is 0.148. The smallest absolute Gasteiger partial charge is 0.307 e. The van der Waals surface area contributed by atoms with Crippen molar-refractivity contribution in [2.45, 2.75) is 51.6 Å².